The zero-order valence-electron chi connectivity index (χ0n) is 11.1. The predicted molar refractivity (Wildman–Crippen MR) is 75.6 cm³/mol. The van der Waals surface area contributed by atoms with Crippen molar-refractivity contribution >= 4 is 17.2 Å². The van der Waals surface area contributed by atoms with Crippen LogP contribution in [0.25, 0.3) is 0 Å². The lowest BCUT2D eigenvalue weighted by molar-refractivity contribution is 0.0939. The summed E-state index contributed by atoms with van der Waals surface area (Å²) in [6, 6.07) is 4.76. The Bertz CT molecular complexity index is 607. The topological polar surface area (TPSA) is 62.2 Å². The second kappa shape index (κ2) is 5.40. The first-order valence-corrected chi connectivity index (χ1v) is 6.82. The van der Waals surface area contributed by atoms with Crippen LogP contribution in [0.3, 0.4) is 0 Å². The Morgan fingerprint density at radius 1 is 1.42 bits per heavy atom. The molecule has 2 rings (SSSR count). The van der Waals surface area contributed by atoms with Crippen molar-refractivity contribution in [3.05, 3.63) is 45.4 Å². The molecule has 1 aromatic heterocycles. The molecule has 2 N–H and O–H groups in total. The molecule has 1 amide bonds. The number of rotatable bonds is 3. The highest BCUT2D eigenvalue weighted by atomic mass is 32.1. The summed E-state index contributed by atoms with van der Waals surface area (Å²) in [6.45, 7) is 5.66. The Balaban J connectivity index is 2.10. The van der Waals surface area contributed by atoms with Crippen molar-refractivity contribution in [2.24, 2.45) is 0 Å². The van der Waals surface area contributed by atoms with Crippen molar-refractivity contribution in [3.8, 4) is 5.75 Å². The molecule has 19 heavy (non-hydrogen) atoms. The molecule has 0 aliphatic carbocycles. The van der Waals surface area contributed by atoms with Gasteiger partial charge in [-0.05, 0) is 38.5 Å². The summed E-state index contributed by atoms with van der Waals surface area (Å²) in [5, 5.41) is 13.4. The van der Waals surface area contributed by atoms with Gasteiger partial charge in [0.1, 0.15) is 10.8 Å². The molecule has 0 aliphatic heterocycles. The molecular weight excluding hydrogens is 260 g/mol. The zero-order valence-corrected chi connectivity index (χ0v) is 11.9. The number of amides is 1. The van der Waals surface area contributed by atoms with Gasteiger partial charge < -0.3 is 10.4 Å². The first-order valence-electron chi connectivity index (χ1n) is 6.00. The fourth-order valence-corrected chi connectivity index (χ4v) is 2.44. The van der Waals surface area contributed by atoms with Crippen molar-refractivity contribution in [3.63, 3.8) is 0 Å². The number of nitrogens with zero attached hydrogens (tertiary/aromatic N) is 1. The Morgan fingerprint density at radius 2 is 2.16 bits per heavy atom. The Hall–Kier alpha value is -1.88. The minimum absolute atomic E-state index is 0.130. The van der Waals surface area contributed by atoms with Crippen LogP contribution in [0.15, 0.2) is 24.4 Å². The Kier molecular flexibility index (Phi) is 3.85. The number of benzene rings is 1. The smallest absolute Gasteiger partial charge is 0.251 e. The first kappa shape index (κ1) is 13.5. The Morgan fingerprint density at radius 3 is 2.74 bits per heavy atom. The number of thiazole rings is 1. The van der Waals surface area contributed by atoms with Gasteiger partial charge in [0.15, 0.2) is 0 Å². The second-order valence-electron chi connectivity index (χ2n) is 4.51. The van der Waals surface area contributed by atoms with E-state index in [-0.39, 0.29) is 17.7 Å². The normalized spacial score (nSPS) is 12.2. The highest BCUT2D eigenvalue weighted by molar-refractivity contribution is 7.11. The van der Waals surface area contributed by atoms with E-state index in [1.165, 1.54) is 6.07 Å². The molecule has 0 radical (unpaired) electrons. The number of aromatic hydroxyl groups is 1. The van der Waals surface area contributed by atoms with Gasteiger partial charge in [0.25, 0.3) is 5.91 Å². The van der Waals surface area contributed by atoms with Gasteiger partial charge in [-0.25, -0.2) is 4.98 Å². The van der Waals surface area contributed by atoms with Crippen LogP contribution in [0.4, 0.5) is 0 Å². The molecule has 0 aliphatic rings. The number of hydrogen-bond donors (Lipinski definition) is 2. The highest BCUT2D eigenvalue weighted by Crippen LogP contribution is 2.21. The molecule has 1 aromatic carbocycles. The molecule has 0 fully saturated rings. The van der Waals surface area contributed by atoms with E-state index >= 15 is 0 Å². The molecule has 0 bridgehead atoms. The monoisotopic (exact) mass is 276 g/mol. The van der Waals surface area contributed by atoms with E-state index in [0.717, 1.165) is 15.4 Å². The SMILES string of the molecule is Cc1cnc(C(C)NC(=O)c2ccc(C)c(O)c2)s1. The van der Waals surface area contributed by atoms with Gasteiger partial charge >= 0.3 is 0 Å². The maximum absolute atomic E-state index is 12.1. The Labute approximate surface area is 116 Å². The average molecular weight is 276 g/mol. The molecule has 4 nitrogen and oxygen atoms in total. The van der Waals surface area contributed by atoms with Gasteiger partial charge in [0.05, 0.1) is 6.04 Å². The van der Waals surface area contributed by atoms with Crippen LogP contribution in [0.2, 0.25) is 0 Å². The largest absolute Gasteiger partial charge is 0.508 e. The van der Waals surface area contributed by atoms with Crippen LogP contribution in [-0.2, 0) is 0 Å². The maximum Gasteiger partial charge on any atom is 0.251 e. The summed E-state index contributed by atoms with van der Waals surface area (Å²) in [6.07, 6.45) is 1.79. The number of nitrogens with one attached hydrogen (secondary N) is 1. The van der Waals surface area contributed by atoms with Gasteiger partial charge in [-0.2, -0.15) is 0 Å². The third-order valence-electron chi connectivity index (χ3n) is 2.83. The minimum Gasteiger partial charge on any atom is -0.508 e. The summed E-state index contributed by atoms with van der Waals surface area (Å²) >= 11 is 1.56. The van der Waals surface area contributed by atoms with Gasteiger partial charge in [0.2, 0.25) is 0 Å². The number of hydrogen-bond acceptors (Lipinski definition) is 4. The molecule has 0 spiro atoms. The number of carbonyl (C=O) groups excluding carboxylic acids is 1. The van der Waals surface area contributed by atoms with Crippen molar-refractivity contribution in [1.29, 1.82) is 0 Å². The van der Waals surface area contributed by atoms with E-state index in [4.69, 9.17) is 0 Å². The van der Waals surface area contributed by atoms with Crippen LogP contribution in [-0.4, -0.2) is 16.0 Å². The molecule has 100 valence electrons. The molecule has 1 heterocycles. The summed E-state index contributed by atoms with van der Waals surface area (Å²) in [5.74, 6) is -0.0824. The maximum atomic E-state index is 12.1. The number of aromatic nitrogens is 1. The van der Waals surface area contributed by atoms with Crippen molar-refractivity contribution in [2.45, 2.75) is 26.8 Å². The molecular formula is C14H16N2O2S. The lowest BCUT2D eigenvalue weighted by Gasteiger charge is -2.11. The average Bonchev–Trinajstić information content (AvgIpc) is 2.79. The van der Waals surface area contributed by atoms with Gasteiger partial charge in [-0.3, -0.25) is 4.79 Å². The van der Waals surface area contributed by atoms with Gasteiger partial charge in [-0.15, -0.1) is 11.3 Å². The zero-order chi connectivity index (χ0) is 14.0. The summed E-state index contributed by atoms with van der Waals surface area (Å²) < 4.78 is 0. The van der Waals surface area contributed by atoms with Gasteiger partial charge in [0, 0.05) is 16.6 Å². The van der Waals surface area contributed by atoms with E-state index in [2.05, 4.69) is 10.3 Å². The number of carbonyl (C=O) groups is 1. The fourth-order valence-electron chi connectivity index (χ4n) is 1.66. The molecule has 0 saturated heterocycles. The van der Waals surface area contributed by atoms with Crippen LogP contribution in [0, 0.1) is 13.8 Å². The second-order valence-corrected chi connectivity index (χ2v) is 5.77. The molecule has 1 atom stereocenters. The molecule has 2 aromatic rings. The van der Waals surface area contributed by atoms with E-state index in [0.29, 0.717) is 5.56 Å². The van der Waals surface area contributed by atoms with E-state index in [1.54, 1.807) is 36.6 Å². The van der Waals surface area contributed by atoms with E-state index in [9.17, 15) is 9.90 Å². The van der Waals surface area contributed by atoms with Crippen molar-refractivity contribution in [1.82, 2.24) is 10.3 Å². The van der Waals surface area contributed by atoms with Crippen LogP contribution >= 0.6 is 11.3 Å². The molecule has 1 unspecified atom stereocenters. The van der Waals surface area contributed by atoms with E-state index in [1.807, 2.05) is 13.8 Å². The quantitative estimate of drug-likeness (QED) is 0.906. The van der Waals surface area contributed by atoms with Crippen LogP contribution in [0.1, 0.15) is 38.8 Å². The van der Waals surface area contributed by atoms with Gasteiger partial charge in [-0.1, -0.05) is 6.07 Å². The third-order valence-corrected chi connectivity index (χ3v) is 3.92. The summed E-state index contributed by atoms with van der Waals surface area (Å²) in [5.41, 5.74) is 1.20. The first-order chi connectivity index (χ1) is 8.97. The van der Waals surface area contributed by atoms with Crippen LogP contribution in [0.5, 0.6) is 5.75 Å². The van der Waals surface area contributed by atoms with Crippen molar-refractivity contribution in [2.75, 3.05) is 0 Å². The van der Waals surface area contributed by atoms with E-state index < -0.39 is 0 Å². The minimum atomic E-state index is -0.212. The summed E-state index contributed by atoms with van der Waals surface area (Å²) in [4.78, 5) is 17.4. The fraction of sp³-hybridized carbons (Fsp3) is 0.286. The number of phenolic OH excluding ortho intramolecular Hbond substituents is 1. The predicted octanol–water partition coefficient (Wildman–Crippen LogP) is 2.96. The standard InChI is InChI=1S/C14H16N2O2S/c1-8-4-5-11(6-12(8)17)13(18)16-10(3)14-15-7-9(2)19-14/h4-7,10,17H,1-3H3,(H,16,18). The molecule has 5 heteroatoms. The summed E-state index contributed by atoms with van der Waals surface area (Å²) in [7, 11) is 0. The lowest BCUT2D eigenvalue weighted by Crippen LogP contribution is -2.26. The number of aryl methyl sites for hydroxylation is 2. The lowest BCUT2D eigenvalue weighted by atomic mass is 10.1. The third kappa shape index (κ3) is 3.12. The van der Waals surface area contributed by atoms with Crippen LogP contribution < -0.4 is 5.32 Å². The number of phenols is 1. The molecule has 0 saturated carbocycles. The highest BCUT2D eigenvalue weighted by Gasteiger charge is 2.14. The van der Waals surface area contributed by atoms with Crippen molar-refractivity contribution < 1.29 is 9.90 Å².